The van der Waals surface area contributed by atoms with Gasteiger partial charge in [-0.25, -0.2) is 0 Å². The largest absolute Gasteiger partial charge is 0.399 e. The molecule has 0 aliphatic carbocycles. The molecule has 1 saturated heterocycles. The lowest BCUT2D eigenvalue weighted by Crippen LogP contribution is -2.25. The second kappa shape index (κ2) is 4.25. The summed E-state index contributed by atoms with van der Waals surface area (Å²) in [6, 6.07) is 2.88. The molecular formula is C10H14N2O4. The maximum absolute atomic E-state index is 11.6. The molecule has 0 radical (unpaired) electrons. The van der Waals surface area contributed by atoms with Crippen molar-refractivity contribution in [2.75, 3.05) is 12.3 Å². The van der Waals surface area contributed by atoms with Crippen LogP contribution in [-0.2, 0) is 4.74 Å². The Morgan fingerprint density at radius 1 is 1.62 bits per heavy atom. The minimum atomic E-state index is -0.751. The SMILES string of the molecule is Nc1ccn([C@@H]2CC(O)[C@H](CO)O2)c(=O)c1. The number of nitrogen functional groups attached to an aromatic ring is 1. The van der Waals surface area contributed by atoms with E-state index in [1.165, 1.54) is 16.8 Å². The van der Waals surface area contributed by atoms with Crippen molar-refractivity contribution in [1.82, 2.24) is 4.57 Å². The highest BCUT2D eigenvalue weighted by Crippen LogP contribution is 2.27. The molecule has 88 valence electrons. The number of aliphatic hydroxyl groups excluding tert-OH is 2. The Hall–Kier alpha value is -1.37. The first-order valence-corrected chi connectivity index (χ1v) is 5.04. The van der Waals surface area contributed by atoms with Gasteiger partial charge in [0.15, 0.2) is 0 Å². The van der Waals surface area contributed by atoms with Crippen LogP contribution in [0.5, 0.6) is 0 Å². The molecular weight excluding hydrogens is 212 g/mol. The van der Waals surface area contributed by atoms with E-state index < -0.39 is 18.4 Å². The van der Waals surface area contributed by atoms with Gasteiger partial charge in [0.25, 0.3) is 5.56 Å². The number of ether oxygens (including phenoxy) is 1. The van der Waals surface area contributed by atoms with Gasteiger partial charge in [-0.2, -0.15) is 0 Å². The smallest absolute Gasteiger partial charge is 0.254 e. The number of pyridine rings is 1. The number of aliphatic hydroxyl groups is 2. The minimum Gasteiger partial charge on any atom is -0.399 e. The third-order valence-corrected chi connectivity index (χ3v) is 2.67. The van der Waals surface area contributed by atoms with E-state index in [0.717, 1.165) is 0 Å². The van der Waals surface area contributed by atoms with Crippen LogP contribution in [0.25, 0.3) is 0 Å². The normalized spacial score (nSPS) is 29.5. The maximum atomic E-state index is 11.6. The van der Waals surface area contributed by atoms with Gasteiger partial charge in [-0.15, -0.1) is 0 Å². The number of rotatable bonds is 2. The number of anilines is 1. The van der Waals surface area contributed by atoms with Crippen molar-refractivity contribution in [2.45, 2.75) is 24.9 Å². The second-order valence-corrected chi connectivity index (χ2v) is 3.82. The number of aromatic nitrogens is 1. The van der Waals surface area contributed by atoms with E-state index in [4.69, 9.17) is 15.6 Å². The summed E-state index contributed by atoms with van der Waals surface area (Å²) in [6.45, 7) is -0.263. The first kappa shape index (κ1) is 11.1. The molecule has 1 aliphatic rings. The van der Waals surface area contributed by atoms with E-state index >= 15 is 0 Å². The summed E-state index contributed by atoms with van der Waals surface area (Å²) < 4.78 is 6.71. The van der Waals surface area contributed by atoms with E-state index in [1.54, 1.807) is 6.07 Å². The molecule has 1 aromatic heterocycles. The zero-order valence-electron chi connectivity index (χ0n) is 8.61. The molecule has 4 N–H and O–H groups in total. The minimum absolute atomic E-state index is 0.263. The zero-order valence-corrected chi connectivity index (χ0v) is 8.61. The van der Waals surface area contributed by atoms with Gasteiger partial charge < -0.3 is 20.7 Å². The lowest BCUT2D eigenvalue weighted by molar-refractivity contribution is -0.0454. The first-order valence-electron chi connectivity index (χ1n) is 5.04. The number of nitrogens with zero attached hydrogens (tertiary/aromatic N) is 1. The molecule has 16 heavy (non-hydrogen) atoms. The summed E-state index contributed by atoms with van der Waals surface area (Å²) in [5.74, 6) is 0. The lowest BCUT2D eigenvalue weighted by Gasteiger charge is -2.14. The second-order valence-electron chi connectivity index (χ2n) is 3.82. The highest BCUT2D eigenvalue weighted by molar-refractivity contribution is 5.34. The van der Waals surface area contributed by atoms with Crippen molar-refractivity contribution in [1.29, 1.82) is 0 Å². The topological polar surface area (TPSA) is 97.7 Å². The van der Waals surface area contributed by atoms with Crippen LogP contribution in [0.1, 0.15) is 12.6 Å². The predicted octanol–water partition coefficient (Wildman–Crippen LogP) is -0.929. The molecule has 6 nitrogen and oxygen atoms in total. The van der Waals surface area contributed by atoms with E-state index in [0.29, 0.717) is 5.69 Å². The fourth-order valence-electron chi connectivity index (χ4n) is 1.79. The summed E-state index contributed by atoms with van der Waals surface area (Å²) >= 11 is 0. The van der Waals surface area contributed by atoms with Crippen LogP contribution < -0.4 is 11.3 Å². The van der Waals surface area contributed by atoms with Crippen molar-refractivity contribution in [2.24, 2.45) is 0 Å². The first-order chi connectivity index (χ1) is 7.61. The summed E-state index contributed by atoms with van der Waals surface area (Å²) in [4.78, 5) is 11.6. The molecule has 0 aromatic carbocycles. The zero-order chi connectivity index (χ0) is 11.7. The molecule has 1 aromatic rings. The Kier molecular flexibility index (Phi) is 2.95. The van der Waals surface area contributed by atoms with Crippen molar-refractivity contribution >= 4 is 5.69 Å². The van der Waals surface area contributed by atoms with Gasteiger partial charge >= 0.3 is 0 Å². The van der Waals surface area contributed by atoms with E-state index in [1.807, 2.05) is 0 Å². The van der Waals surface area contributed by atoms with Gasteiger partial charge in [-0.05, 0) is 6.07 Å². The highest BCUT2D eigenvalue weighted by Gasteiger charge is 2.34. The van der Waals surface area contributed by atoms with Crippen LogP contribution >= 0.6 is 0 Å². The van der Waals surface area contributed by atoms with Crippen LogP contribution in [0.4, 0.5) is 5.69 Å². The molecule has 1 aliphatic heterocycles. The van der Waals surface area contributed by atoms with Crippen molar-refractivity contribution < 1.29 is 14.9 Å². The number of hydrogen-bond acceptors (Lipinski definition) is 5. The van der Waals surface area contributed by atoms with Gasteiger partial charge in [-0.1, -0.05) is 0 Å². The highest BCUT2D eigenvalue weighted by atomic mass is 16.5. The van der Waals surface area contributed by atoms with Crippen LogP contribution in [-0.4, -0.2) is 33.6 Å². The van der Waals surface area contributed by atoms with E-state index in [2.05, 4.69) is 0 Å². The fourth-order valence-corrected chi connectivity index (χ4v) is 1.79. The molecule has 1 unspecified atom stereocenters. The van der Waals surface area contributed by atoms with Crippen molar-refractivity contribution in [3.8, 4) is 0 Å². The lowest BCUT2D eigenvalue weighted by atomic mass is 10.2. The molecule has 2 rings (SSSR count). The third-order valence-electron chi connectivity index (χ3n) is 2.67. The third kappa shape index (κ3) is 1.95. The van der Waals surface area contributed by atoms with Gasteiger partial charge in [-0.3, -0.25) is 9.36 Å². The summed E-state index contributed by atoms with van der Waals surface area (Å²) in [7, 11) is 0. The molecule has 0 saturated carbocycles. The van der Waals surface area contributed by atoms with Crippen LogP contribution in [0.15, 0.2) is 23.1 Å². The molecule has 0 spiro atoms. The van der Waals surface area contributed by atoms with Crippen LogP contribution in [0.3, 0.4) is 0 Å². The van der Waals surface area contributed by atoms with Crippen molar-refractivity contribution in [3.63, 3.8) is 0 Å². The van der Waals surface area contributed by atoms with Crippen molar-refractivity contribution in [3.05, 3.63) is 28.7 Å². The molecule has 1 fully saturated rings. The molecule has 6 heteroatoms. The van der Waals surface area contributed by atoms with Crippen LogP contribution in [0.2, 0.25) is 0 Å². The molecule has 3 atom stereocenters. The number of nitrogens with two attached hydrogens (primary N) is 1. The number of hydrogen-bond donors (Lipinski definition) is 3. The maximum Gasteiger partial charge on any atom is 0.254 e. The van der Waals surface area contributed by atoms with Gasteiger partial charge in [0, 0.05) is 24.4 Å². The Morgan fingerprint density at radius 2 is 2.38 bits per heavy atom. The molecule has 0 amide bonds. The average molecular weight is 226 g/mol. The quantitative estimate of drug-likeness (QED) is 0.605. The summed E-state index contributed by atoms with van der Waals surface area (Å²) in [5, 5.41) is 18.5. The Balaban J connectivity index is 2.23. The van der Waals surface area contributed by atoms with E-state index in [9.17, 15) is 9.90 Å². The Bertz CT molecular complexity index is 431. The average Bonchev–Trinajstić information content (AvgIpc) is 2.59. The Labute approximate surface area is 91.9 Å². The van der Waals surface area contributed by atoms with Gasteiger partial charge in [0.05, 0.1) is 12.7 Å². The summed E-state index contributed by atoms with van der Waals surface area (Å²) in [6.07, 6.45) is -0.113. The molecule has 0 bridgehead atoms. The van der Waals surface area contributed by atoms with E-state index in [-0.39, 0.29) is 18.6 Å². The van der Waals surface area contributed by atoms with Crippen LogP contribution in [0, 0.1) is 0 Å². The predicted molar refractivity (Wildman–Crippen MR) is 56.7 cm³/mol. The van der Waals surface area contributed by atoms with Gasteiger partial charge in [0.1, 0.15) is 12.3 Å². The van der Waals surface area contributed by atoms with Gasteiger partial charge in [0.2, 0.25) is 0 Å². The molecule has 2 heterocycles. The fraction of sp³-hybridized carbons (Fsp3) is 0.500. The standard InChI is InChI=1S/C10H14N2O4/c11-6-1-2-12(9(15)3-6)10-4-7(14)8(5-13)16-10/h1-3,7-8,10,13-14H,4-5,11H2/t7?,8-,10-/m0/s1. The summed E-state index contributed by atoms with van der Waals surface area (Å²) in [5.41, 5.74) is 5.57. The Morgan fingerprint density at radius 3 is 2.94 bits per heavy atom. The monoisotopic (exact) mass is 226 g/mol.